The van der Waals surface area contributed by atoms with Gasteiger partial charge in [0.2, 0.25) is 5.91 Å². The fourth-order valence-electron chi connectivity index (χ4n) is 2.71. The van der Waals surface area contributed by atoms with Gasteiger partial charge in [-0.05, 0) is 31.9 Å². The molecule has 1 aromatic heterocycles. The summed E-state index contributed by atoms with van der Waals surface area (Å²) in [4.78, 5) is 12.8. The van der Waals surface area contributed by atoms with Crippen LogP contribution in [0.3, 0.4) is 0 Å². The van der Waals surface area contributed by atoms with E-state index < -0.39 is 5.41 Å². The zero-order valence-electron chi connectivity index (χ0n) is 11.1. The van der Waals surface area contributed by atoms with E-state index in [2.05, 4.69) is 5.32 Å². The van der Waals surface area contributed by atoms with Crippen LogP contribution in [0, 0.1) is 5.41 Å². The molecule has 1 unspecified atom stereocenters. The van der Waals surface area contributed by atoms with Crippen LogP contribution in [0.5, 0.6) is 0 Å². The van der Waals surface area contributed by atoms with Gasteiger partial charge in [0.05, 0.1) is 16.7 Å². The normalized spacial score (nSPS) is 19.0. The highest BCUT2D eigenvalue weighted by atomic mass is 32.1. The molecule has 1 aromatic rings. The molecular weight excluding hydrogens is 260 g/mol. The summed E-state index contributed by atoms with van der Waals surface area (Å²) in [6.45, 7) is 1.96. The largest absolute Gasteiger partial charge is 0.469 e. The lowest BCUT2D eigenvalue weighted by molar-refractivity contribution is -0.127. The van der Waals surface area contributed by atoms with Crippen LogP contribution in [-0.2, 0) is 11.2 Å². The predicted molar refractivity (Wildman–Crippen MR) is 77.7 cm³/mol. The Labute approximate surface area is 118 Å². The molecule has 1 heterocycles. The van der Waals surface area contributed by atoms with E-state index in [4.69, 9.17) is 22.4 Å². The highest BCUT2D eigenvalue weighted by molar-refractivity contribution is 7.80. The van der Waals surface area contributed by atoms with Crippen molar-refractivity contribution in [2.24, 2.45) is 11.1 Å². The van der Waals surface area contributed by atoms with Crippen LogP contribution in [0.4, 0.5) is 0 Å². The number of amides is 1. The molecule has 1 aliphatic rings. The molecule has 0 aliphatic heterocycles. The Kier molecular flexibility index (Phi) is 4.24. The average molecular weight is 280 g/mol. The van der Waals surface area contributed by atoms with Crippen LogP contribution < -0.4 is 11.1 Å². The van der Waals surface area contributed by atoms with Crippen molar-refractivity contribution >= 4 is 23.1 Å². The van der Waals surface area contributed by atoms with Crippen LogP contribution in [0.2, 0.25) is 0 Å². The molecule has 0 saturated heterocycles. The summed E-state index contributed by atoms with van der Waals surface area (Å²) < 4.78 is 5.28. The first kappa shape index (κ1) is 14.1. The van der Waals surface area contributed by atoms with Crippen molar-refractivity contribution in [1.29, 1.82) is 0 Å². The topological polar surface area (TPSA) is 68.3 Å². The van der Waals surface area contributed by atoms with E-state index in [1.807, 2.05) is 19.1 Å². The highest BCUT2D eigenvalue weighted by Crippen LogP contribution is 2.38. The molecule has 0 bridgehead atoms. The van der Waals surface area contributed by atoms with Gasteiger partial charge in [0.25, 0.3) is 0 Å². The number of carbonyl (C=O) groups is 1. The maximum absolute atomic E-state index is 12.4. The van der Waals surface area contributed by atoms with Gasteiger partial charge in [0, 0.05) is 12.5 Å². The first-order valence-corrected chi connectivity index (χ1v) is 7.09. The summed E-state index contributed by atoms with van der Waals surface area (Å²) in [5.74, 6) is 0.833. The van der Waals surface area contributed by atoms with Gasteiger partial charge >= 0.3 is 0 Å². The first-order chi connectivity index (χ1) is 9.04. The van der Waals surface area contributed by atoms with Gasteiger partial charge in [0.1, 0.15) is 5.76 Å². The molecule has 0 radical (unpaired) electrons. The Morgan fingerprint density at radius 3 is 2.79 bits per heavy atom. The molecule has 5 heteroatoms. The average Bonchev–Trinajstić information content (AvgIpc) is 2.98. The highest BCUT2D eigenvalue weighted by Gasteiger charge is 2.44. The Morgan fingerprint density at radius 1 is 1.58 bits per heavy atom. The zero-order valence-corrected chi connectivity index (χ0v) is 12.0. The SMILES string of the molecule is CC(Cc1ccco1)NC(=O)C1(C(N)=S)CCCC1. The van der Waals surface area contributed by atoms with Crippen molar-refractivity contribution in [1.82, 2.24) is 5.32 Å². The molecule has 4 nitrogen and oxygen atoms in total. The van der Waals surface area contributed by atoms with E-state index in [-0.39, 0.29) is 11.9 Å². The molecule has 1 saturated carbocycles. The third-order valence-electron chi connectivity index (χ3n) is 3.83. The number of nitrogens with two attached hydrogens (primary N) is 1. The molecule has 1 amide bonds. The third-order valence-corrected chi connectivity index (χ3v) is 4.22. The summed E-state index contributed by atoms with van der Waals surface area (Å²) in [6, 6.07) is 3.75. The number of nitrogens with one attached hydrogen (secondary N) is 1. The monoisotopic (exact) mass is 280 g/mol. The Morgan fingerprint density at radius 2 is 2.26 bits per heavy atom. The standard InChI is InChI=1S/C14H20N2O2S/c1-10(9-11-5-4-8-18-11)16-13(17)14(12(15)19)6-2-3-7-14/h4-5,8,10H,2-3,6-7,9H2,1H3,(H2,15,19)(H,16,17). The molecule has 3 N–H and O–H groups in total. The van der Waals surface area contributed by atoms with E-state index in [0.29, 0.717) is 11.4 Å². The maximum Gasteiger partial charge on any atom is 0.233 e. The van der Waals surface area contributed by atoms with Crippen molar-refractivity contribution in [3.63, 3.8) is 0 Å². The summed E-state index contributed by atoms with van der Waals surface area (Å²) in [5.41, 5.74) is 5.17. The van der Waals surface area contributed by atoms with Crippen molar-refractivity contribution in [3.05, 3.63) is 24.2 Å². The van der Waals surface area contributed by atoms with Gasteiger partial charge in [0.15, 0.2) is 0 Å². The van der Waals surface area contributed by atoms with Gasteiger partial charge in [-0.1, -0.05) is 25.1 Å². The molecule has 0 aromatic carbocycles. The number of hydrogen-bond donors (Lipinski definition) is 2. The van der Waals surface area contributed by atoms with Gasteiger partial charge in [-0.2, -0.15) is 0 Å². The lowest BCUT2D eigenvalue weighted by Gasteiger charge is -2.28. The van der Waals surface area contributed by atoms with Crippen molar-refractivity contribution < 1.29 is 9.21 Å². The van der Waals surface area contributed by atoms with E-state index in [0.717, 1.165) is 31.4 Å². The Balaban J connectivity index is 1.97. The molecule has 1 atom stereocenters. The number of hydrogen-bond acceptors (Lipinski definition) is 3. The van der Waals surface area contributed by atoms with Crippen LogP contribution >= 0.6 is 12.2 Å². The van der Waals surface area contributed by atoms with Crippen molar-refractivity contribution in [2.45, 2.75) is 45.1 Å². The van der Waals surface area contributed by atoms with Crippen molar-refractivity contribution in [2.75, 3.05) is 0 Å². The fraction of sp³-hybridized carbons (Fsp3) is 0.571. The molecule has 2 rings (SSSR count). The lowest BCUT2D eigenvalue weighted by Crippen LogP contribution is -2.50. The van der Waals surface area contributed by atoms with Crippen molar-refractivity contribution in [3.8, 4) is 0 Å². The molecule has 19 heavy (non-hydrogen) atoms. The summed E-state index contributed by atoms with van der Waals surface area (Å²) in [6.07, 6.45) is 5.86. The zero-order chi connectivity index (χ0) is 13.9. The minimum atomic E-state index is -0.632. The third kappa shape index (κ3) is 2.97. The Bertz CT molecular complexity index is 450. The van der Waals surface area contributed by atoms with E-state index in [9.17, 15) is 4.79 Å². The summed E-state index contributed by atoms with van der Waals surface area (Å²) in [7, 11) is 0. The van der Waals surface area contributed by atoms with Gasteiger partial charge in [-0.25, -0.2) is 0 Å². The molecule has 1 fully saturated rings. The number of thiocarbonyl (C=S) groups is 1. The Hall–Kier alpha value is -1.36. The van der Waals surface area contributed by atoms with Crippen LogP contribution in [-0.4, -0.2) is 16.9 Å². The second-order valence-corrected chi connectivity index (χ2v) is 5.75. The van der Waals surface area contributed by atoms with Gasteiger partial charge in [-0.15, -0.1) is 0 Å². The van der Waals surface area contributed by atoms with Gasteiger partial charge in [-0.3, -0.25) is 4.79 Å². The first-order valence-electron chi connectivity index (χ1n) is 6.68. The molecule has 1 aliphatic carbocycles. The predicted octanol–water partition coefficient (Wildman–Crippen LogP) is 2.17. The molecule has 104 valence electrons. The lowest BCUT2D eigenvalue weighted by atomic mass is 9.84. The van der Waals surface area contributed by atoms with E-state index in [1.165, 1.54) is 0 Å². The van der Waals surface area contributed by atoms with Crippen LogP contribution in [0.15, 0.2) is 22.8 Å². The quantitative estimate of drug-likeness (QED) is 0.811. The number of furan rings is 1. The van der Waals surface area contributed by atoms with E-state index in [1.54, 1.807) is 6.26 Å². The second kappa shape index (κ2) is 5.74. The summed E-state index contributed by atoms with van der Waals surface area (Å²) >= 11 is 5.11. The van der Waals surface area contributed by atoms with Crippen LogP contribution in [0.25, 0.3) is 0 Å². The van der Waals surface area contributed by atoms with E-state index >= 15 is 0 Å². The smallest absolute Gasteiger partial charge is 0.233 e. The number of rotatable bonds is 5. The van der Waals surface area contributed by atoms with Crippen LogP contribution in [0.1, 0.15) is 38.4 Å². The maximum atomic E-state index is 12.4. The summed E-state index contributed by atoms with van der Waals surface area (Å²) in [5, 5.41) is 3.02. The minimum Gasteiger partial charge on any atom is -0.469 e. The molecule has 0 spiro atoms. The minimum absolute atomic E-state index is 0.00507. The fourth-order valence-corrected chi connectivity index (χ4v) is 3.00. The number of carbonyl (C=O) groups excluding carboxylic acids is 1. The molecular formula is C14H20N2O2S. The second-order valence-electron chi connectivity index (χ2n) is 5.31. The van der Waals surface area contributed by atoms with Gasteiger partial charge < -0.3 is 15.5 Å².